The fraction of sp³-hybridized carbons (Fsp3) is 0.667. The van der Waals surface area contributed by atoms with Gasteiger partial charge in [0, 0.05) is 6.54 Å². The molecule has 96 valence electrons. The van der Waals surface area contributed by atoms with Crippen LogP contribution in [0, 0.1) is 11.7 Å². The first-order valence-electron chi connectivity index (χ1n) is 6.02. The molecule has 5 heteroatoms. The minimum Gasteiger partial charge on any atom is -0.475 e. The molecule has 1 aromatic heterocycles. The molecule has 0 saturated heterocycles. The summed E-state index contributed by atoms with van der Waals surface area (Å²) in [6, 6.07) is 0. The van der Waals surface area contributed by atoms with Crippen molar-refractivity contribution in [1.82, 2.24) is 9.97 Å². The van der Waals surface area contributed by atoms with Crippen LogP contribution in [0.4, 0.5) is 10.3 Å². The molecule has 0 bridgehead atoms. The quantitative estimate of drug-likeness (QED) is 0.746. The molecule has 1 rings (SSSR count). The standard InChI is InChI=1S/C12H20FN3O/c1-4-14-12-15-8-10(13)11(16-12)17-7-5-6-9(2)3/h8-9H,4-7H2,1-3H3,(H,14,15,16). The Balaban J connectivity index is 2.48. The van der Waals surface area contributed by atoms with Gasteiger partial charge < -0.3 is 10.1 Å². The average Bonchev–Trinajstić information content (AvgIpc) is 2.28. The molecule has 0 fully saturated rings. The number of anilines is 1. The highest BCUT2D eigenvalue weighted by Crippen LogP contribution is 2.15. The van der Waals surface area contributed by atoms with Gasteiger partial charge in [-0.1, -0.05) is 13.8 Å². The predicted molar refractivity (Wildman–Crippen MR) is 65.7 cm³/mol. The van der Waals surface area contributed by atoms with Crippen LogP contribution in [-0.4, -0.2) is 23.1 Å². The van der Waals surface area contributed by atoms with Crippen molar-refractivity contribution in [3.63, 3.8) is 0 Å². The summed E-state index contributed by atoms with van der Waals surface area (Å²) in [4.78, 5) is 7.77. The highest BCUT2D eigenvalue weighted by atomic mass is 19.1. The van der Waals surface area contributed by atoms with Crippen LogP contribution in [-0.2, 0) is 0 Å². The van der Waals surface area contributed by atoms with Crippen molar-refractivity contribution >= 4 is 5.95 Å². The maximum absolute atomic E-state index is 13.3. The van der Waals surface area contributed by atoms with Crippen LogP contribution in [0.2, 0.25) is 0 Å². The number of ether oxygens (including phenoxy) is 1. The lowest BCUT2D eigenvalue weighted by Crippen LogP contribution is -2.07. The first-order chi connectivity index (χ1) is 8.13. The molecular weight excluding hydrogens is 221 g/mol. The van der Waals surface area contributed by atoms with Crippen molar-refractivity contribution in [1.29, 1.82) is 0 Å². The van der Waals surface area contributed by atoms with Crippen molar-refractivity contribution < 1.29 is 9.13 Å². The van der Waals surface area contributed by atoms with Gasteiger partial charge in [0.2, 0.25) is 11.8 Å². The zero-order chi connectivity index (χ0) is 12.7. The van der Waals surface area contributed by atoms with Crippen LogP contribution in [0.25, 0.3) is 0 Å². The summed E-state index contributed by atoms with van der Waals surface area (Å²) in [6.07, 6.45) is 3.09. The van der Waals surface area contributed by atoms with Gasteiger partial charge in [-0.25, -0.2) is 4.98 Å². The highest BCUT2D eigenvalue weighted by Gasteiger charge is 2.07. The van der Waals surface area contributed by atoms with E-state index in [9.17, 15) is 4.39 Å². The van der Waals surface area contributed by atoms with E-state index in [-0.39, 0.29) is 5.88 Å². The van der Waals surface area contributed by atoms with Crippen molar-refractivity contribution in [2.24, 2.45) is 5.92 Å². The summed E-state index contributed by atoms with van der Waals surface area (Å²) in [6.45, 7) is 7.40. The van der Waals surface area contributed by atoms with E-state index in [1.54, 1.807) is 0 Å². The van der Waals surface area contributed by atoms with Gasteiger partial charge in [0.1, 0.15) is 0 Å². The molecule has 0 spiro atoms. The minimum atomic E-state index is -0.517. The van der Waals surface area contributed by atoms with Gasteiger partial charge in [0.25, 0.3) is 5.88 Å². The van der Waals surface area contributed by atoms with Crippen molar-refractivity contribution in [3.8, 4) is 5.88 Å². The van der Waals surface area contributed by atoms with E-state index in [1.807, 2.05) is 6.92 Å². The van der Waals surface area contributed by atoms with Gasteiger partial charge in [-0.3, -0.25) is 0 Å². The summed E-state index contributed by atoms with van der Waals surface area (Å²) in [5.41, 5.74) is 0. The maximum atomic E-state index is 13.3. The van der Waals surface area contributed by atoms with E-state index < -0.39 is 5.82 Å². The van der Waals surface area contributed by atoms with Crippen LogP contribution in [0.5, 0.6) is 5.88 Å². The number of halogens is 1. The normalized spacial score (nSPS) is 10.6. The molecule has 0 unspecified atom stereocenters. The lowest BCUT2D eigenvalue weighted by Gasteiger charge is -2.08. The topological polar surface area (TPSA) is 47.0 Å². The summed E-state index contributed by atoms with van der Waals surface area (Å²) in [5, 5.41) is 2.91. The summed E-state index contributed by atoms with van der Waals surface area (Å²) in [5.74, 6) is 0.537. The van der Waals surface area contributed by atoms with Gasteiger partial charge in [-0.2, -0.15) is 9.37 Å². The van der Waals surface area contributed by atoms with E-state index in [2.05, 4.69) is 29.1 Å². The molecule has 0 radical (unpaired) electrons. The first-order valence-corrected chi connectivity index (χ1v) is 6.02. The van der Waals surface area contributed by atoms with Gasteiger partial charge in [0.15, 0.2) is 0 Å². The van der Waals surface area contributed by atoms with Gasteiger partial charge >= 0.3 is 0 Å². The first kappa shape index (κ1) is 13.7. The van der Waals surface area contributed by atoms with E-state index in [0.717, 1.165) is 19.0 Å². The Morgan fingerprint density at radius 1 is 1.47 bits per heavy atom. The number of hydrogen-bond acceptors (Lipinski definition) is 4. The molecule has 0 aromatic carbocycles. The molecular formula is C12H20FN3O. The van der Waals surface area contributed by atoms with Crippen molar-refractivity contribution in [2.75, 3.05) is 18.5 Å². The predicted octanol–water partition coefficient (Wildman–Crippen LogP) is 2.86. The zero-order valence-electron chi connectivity index (χ0n) is 10.7. The monoisotopic (exact) mass is 241 g/mol. The second-order valence-corrected chi connectivity index (χ2v) is 4.26. The van der Waals surface area contributed by atoms with Crippen LogP contribution in [0.15, 0.2) is 6.20 Å². The Morgan fingerprint density at radius 3 is 2.88 bits per heavy atom. The summed E-state index contributed by atoms with van der Waals surface area (Å²) < 4.78 is 18.6. The Labute approximate surface area is 102 Å². The molecule has 1 heterocycles. The molecule has 0 saturated carbocycles. The SMILES string of the molecule is CCNc1ncc(F)c(OCCCC(C)C)n1. The number of nitrogens with zero attached hydrogens (tertiary/aromatic N) is 2. The maximum Gasteiger partial charge on any atom is 0.255 e. The average molecular weight is 241 g/mol. The van der Waals surface area contributed by atoms with E-state index in [0.29, 0.717) is 25.0 Å². The molecule has 1 N–H and O–H groups in total. The molecule has 0 aliphatic heterocycles. The van der Waals surface area contributed by atoms with Crippen LogP contribution in [0.1, 0.15) is 33.6 Å². The van der Waals surface area contributed by atoms with Gasteiger partial charge in [-0.15, -0.1) is 0 Å². The summed E-state index contributed by atoms with van der Waals surface area (Å²) >= 11 is 0. The van der Waals surface area contributed by atoms with Crippen LogP contribution >= 0.6 is 0 Å². The van der Waals surface area contributed by atoms with Crippen molar-refractivity contribution in [3.05, 3.63) is 12.0 Å². The molecule has 1 aromatic rings. The Kier molecular flexibility index (Phi) is 5.66. The molecule has 17 heavy (non-hydrogen) atoms. The minimum absolute atomic E-state index is 0.0275. The fourth-order valence-corrected chi connectivity index (χ4v) is 1.36. The van der Waals surface area contributed by atoms with E-state index >= 15 is 0 Å². The lowest BCUT2D eigenvalue weighted by molar-refractivity contribution is 0.272. The number of rotatable bonds is 7. The zero-order valence-corrected chi connectivity index (χ0v) is 10.7. The van der Waals surface area contributed by atoms with Crippen LogP contribution < -0.4 is 10.1 Å². The number of nitrogens with one attached hydrogen (secondary N) is 1. The lowest BCUT2D eigenvalue weighted by atomic mass is 10.1. The molecule has 0 aliphatic carbocycles. The Bertz CT molecular complexity index is 345. The third kappa shape index (κ3) is 4.97. The van der Waals surface area contributed by atoms with Crippen molar-refractivity contribution in [2.45, 2.75) is 33.6 Å². The van der Waals surface area contributed by atoms with Crippen LogP contribution in [0.3, 0.4) is 0 Å². The molecule has 0 atom stereocenters. The second kappa shape index (κ2) is 7.04. The van der Waals surface area contributed by atoms with Gasteiger partial charge in [-0.05, 0) is 25.7 Å². The van der Waals surface area contributed by atoms with Gasteiger partial charge in [0.05, 0.1) is 12.8 Å². The number of hydrogen-bond donors (Lipinski definition) is 1. The number of aromatic nitrogens is 2. The smallest absolute Gasteiger partial charge is 0.255 e. The van der Waals surface area contributed by atoms with E-state index in [4.69, 9.17) is 4.74 Å². The second-order valence-electron chi connectivity index (χ2n) is 4.26. The highest BCUT2D eigenvalue weighted by molar-refractivity contribution is 5.27. The summed E-state index contributed by atoms with van der Waals surface area (Å²) in [7, 11) is 0. The molecule has 4 nitrogen and oxygen atoms in total. The molecule has 0 aliphatic rings. The third-order valence-corrected chi connectivity index (χ3v) is 2.21. The van der Waals surface area contributed by atoms with E-state index in [1.165, 1.54) is 0 Å². The fourth-order valence-electron chi connectivity index (χ4n) is 1.36. The Hall–Kier alpha value is -1.39. The molecule has 0 amide bonds. The Morgan fingerprint density at radius 2 is 2.24 bits per heavy atom. The third-order valence-electron chi connectivity index (χ3n) is 2.21. The largest absolute Gasteiger partial charge is 0.475 e.